The zero-order valence-corrected chi connectivity index (χ0v) is 23.2. The lowest BCUT2D eigenvalue weighted by atomic mass is 9.93. The van der Waals surface area contributed by atoms with Crippen LogP contribution >= 0.6 is 23.1 Å². The van der Waals surface area contributed by atoms with E-state index in [9.17, 15) is 14.7 Å². The lowest BCUT2D eigenvalue weighted by Crippen LogP contribution is -2.29. The summed E-state index contributed by atoms with van der Waals surface area (Å²) in [6, 6.07) is 20.7. The highest BCUT2D eigenvalue weighted by atomic mass is 32.2. The summed E-state index contributed by atoms with van der Waals surface area (Å²) in [5.41, 5.74) is 6.46. The second kappa shape index (κ2) is 10.6. The van der Waals surface area contributed by atoms with E-state index in [-0.39, 0.29) is 11.3 Å². The van der Waals surface area contributed by atoms with Gasteiger partial charge in [-0.15, -0.1) is 10.2 Å². The summed E-state index contributed by atoms with van der Waals surface area (Å²) in [4.78, 5) is 28.2. The van der Waals surface area contributed by atoms with Gasteiger partial charge in [0, 0.05) is 11.3 Å². The number of hydrogen-bond donors (Lipinski definition) is 1. The molecule has 1 aliphatic rings. The van der Waals surface area contributed by atoms with Gasteiger partial charge in [-0.3, -0.25) is 14.5 Å². The molecule has 1 aromatic heterocycles. The van der Waals surface area contributed by atoms with E-state index < -0.39 is 17.7 Å². The van der Waals surface area contributed by atoms with Gasteiger partial charge in [-0.05, 0) is 50.5 Å². The molecular formula is C30H27N3O3S2. The molecule has 0 bridgehead atoms. The lowest BCUT2D eigenvalue weighted by Gasteiger charge is -2.23. The van der Waals surface area contributed by atoms with Crippen LogP contribution in [0.1, 0.15) is 45.0 Å². The quantitative estimate of drug-likeness (QED) is 0.0963. The van der Waals surface area contributed by atoms with Crippen molar-refractivity contribution in [3.05, 3.63) is 111 Å². The van der Waals surface area contributed by atoms with E-state index in [4.69, 9.17) is 0 Å². The number of aryl methyl sites for hydroxylation is 4. The first kappa shape index (κ1) is 25.9. The summed E-state index contributed by atoms with van der Waals surface area (Å²) in [6.45, 7) is 7.81. The molecule has 1 N–H and O–H groups in total. The summed E-state index contributed by atoms with van der Waals surface area (Å²) < 4.78 is 0.694. The minimum Gasteiger partial charge on any atom is -0.507 e. The molecule has 1 unspecified atom stereocenters. The molecule has 192 valence electrons. The number of carbonyl (C=O) groups excluding carboxylic acids is 2. The summed E-state index contributed by atoms with van der Waals surface area (Å²) in [6.07, 6.45) is 0. The summed E-state index contributed by atoms with van der Waals surface area (Å²) in [5, 5.41) is 20.4. The van der Waals surface area contributed by atoms with Gasteiger partial charge in [-0.2, -0.15) is 0 Å². The van der Waals surface area contributed by atoms with Crippen molar-refractivity contribution >= 4 is 45.7 Å². The molecular weight excluding hydrogens is 514 g/mol. The highest BCUT2D eigenvalue weighted by Crippen LogP contribution is 2.44. The third-order valence-electron chi connectivity index (χ3n) is 6.57. The zero-order chi connectivity index (χ0) is 27.0. The maximum absolute atomic E-state index is 13.4. The summed E-state index contributed by atoms with van der Waals surface area (Å²) in [5.74, 6) is -0.940. The SMILES string of the molecule is Cc1ccc(CSc2nnc(N3C(=O)C(=O)/C(=C(/O)c4cc(C)ccc4C)C3c3ccc(C)cc3)s2)cc1. The number of benzene rings is 3. The standard InChI is InChI=1S/C30H27N3O3S2/c1-17-6-11-21(12-7-17)16-37-30-32-31-29(38-30)33-25(22-13-8-18(2)9-14-22)24(27(35)28(33)36)26(34)23-15-19(3)5-10-20(23)4/h5-15,25,34H,16H2,1-4H3/b26-24+. The molecule has 0 spiro atoms. The average molecular weight is 542 g/mol. The predicted molar refractivity (Wildman–Crippen MR) is 153 cm³/mol. The van der Waals surface area contributed by atoms with Crippen LogP contribution in [0.25, 0.3) is 5.76 Å². The number of carbonyl (C=O) groups is 2. The predicted octanol–water partition coefficient (Wildman–Crippen LogP) is 6.69. The van der Waals surface area contributed by atoms with Crippen molar-refractivity contribution in [3.8, 4) is 0 Å². The fraction of sp³-hybridized carbons (Fsp3) is 0.200. The Balaban J connectivity index is 1.55. The monoisotopic (exact) mass is 541 g/mol. The van der Waals surface area contributed by atoms with Crippen LogP contribution in [0.3, 0.4) is 0 Å². The number of anilines is 1. The third-order valence-corrected chi connectivity index (χ3v) is 8.70. The number of amides is 1. The molecule has 38 heavy (non-hydrogen) atoms. The minimum atomic E-state index is -0.821. The van der Waals surface area contributed by atoms with Gasteiger partial charge in [0.1, 0.15) is 5.76 Å². The molecule has 0 radical (unpaired) electrons. The van der Waals surface area contributed by atoms with Gasteiger partial charge in [0.15, 0.2) is 4.34 Å². The van der Waals surface area contributed by atoms with Crippen molar-refractivity contribution in [2.24, 2.45) is 0 Å². The van der Waals surface area contributed by atoms with Crippen LogP contribution in [-0.2, 0) is 15.3 Å². The number of rotatable bonds is 6. The topological polar surface area (TPSA) is 83.4 Å². The molecule has 1 atom stereocenters. The molecule has 4 aromatic rings. The van der Waals surface area contributed by atoms with E-state index in [2.05, 4.69) is 34.5 Å². The number of aliphatic hydroxyl groups is 1. The Morgan fingerprint density at radius 1 is 0.895 bits per heavy atom. The van der Waals surface area contributed by atoms with Crippen LogP contribution in [0.15, 0.2) is 76.6 Å². The Morgan fingerprint density at radius 3 is 2.21 bits per heavy atom. The molecule has 0 saturated carbocycles. The fourth-order valence-corrected chi connectivity index (χ4v) is 6.24. The van der Waals surface area contributed by atoms with Crippen molar-refractivity contribution in [2.45, 2.75) is 43.8 Å². The second-order valence-electron chi connectivity index (χ2n) is 9.52. The van der Waals surface area contributed by atoms with Crippen LogP contribution < -0.4 is 4.90 Å². The molecule has 0 aliphatic carbocycles. The maximum atomic E-state index is 13.4. The molecule has 2 heterocycles. The van der Waals surface area contributed by atoms with E-state index in [1.165, 1.54) is 33.6 Å². The van der Waals surface area contributed by atoms with E-state index in [1.807, 2.05) is 70.2 Å². The lowest BCUT2D eigenvalue weighted by molar-refractivity contribution is -0.132. The summed E-state index contributed by atoms with van der Waals surface area (Å²) >= 11 is 2.79. The van der Waals surface area contributed by atoms with Crippen molar-refractivity contribution in [1.29, 1.82) is 0 Å². The highest BCUT2D eigenvalue weighted by molar-refractivity contribution is 8.00. The fourth-order valence-electron chi connectivity index (χ4n) is 4.42. The smallest absolute Gasteiger partial charge is 0.301 e. The van der Waals surface area contributed by atoms with Gasteiger partial charge in [-0.1, -0.05) is 100 Å². The molecule has 3 aromatic carbocycles. The van der Waals surface area contributed by atoms with E-state index >= 15 is 0 Å². The number of Topliss-reactive ketones (excluding diaryl/α,β-unsaturated/α-hetero) is 1. The Bertz CT molecular complexity index is 1560. The average Bonchev–Trinajstić information content (AvgIpc) is 3.47. The molecule has 1 amide bonds. The molecule has 1 aliphatic heterocycles. The Morgan fingerprint density at radius 2 is 1.53 bits per heavy atom. The van der Waals surface area contributed by atoms with Gasteiger partial charge >= 0.3 is 5.91 Å². The largest absolute Gasteiger partial charge is 0.507 e. The van der Waals surface area contributed by atoms with Crippen LogP contribution in [-0.4, -0.2) is 27.0 Å². The van der Waals surface area contributed by atoms with Gasteiger partial charge in [-0.25, -0.2) is 0 Å². The van der Waals surface area contributed by atoms with Crippen molar-refractivity contribution < 1.29 is 14.7 Å². The highest BCUT2D eigenvalue weighted by Gasteiger charge is 2.48. The van der Waals surface area contributed by atoms with E-state index in [1.54, 1.807) is 0 Å². The van der Waals surface area contributed by atoms with Gasteiger partial charge in [0.25, 0.3) is 5.78 Å². The minimum absolute atomic E-state index is 0.0524. The van der Waals surface area contributed by atoms with Gasteiger partial charge in [0.05, 0.1) is 11.6 Å². The number of hydrogen-bond acceptors (Lipinski definition) is 7. The maximum Gasteiger partial charge on any atom is 0.301 e. The van der Waals surface area contributed by atoms with Crippen LogP contribution in [0.4, 0.5) is 5.13 Å². The number of aromatic nitrogens is 2. The van der Waals surface area contributed by atoms with Gasteiger partial charge in [0.2, 0.25) is 5.13 Å². The van der Waals surface area contributed by atoms with Crippen molar-refractivity contribution in [3.63, 3.8) is 0 Å². The molecule has 1 fully saturated rings. The van der Waals surface area contributed by atoms with Crippen LogP contribution in [0.5, 0.6) is 0 Å². The molecule has 8 heteroatoms. The summed E-state index contributed by atoms with van der Waals surface area (Å²) in [7, 11) is 0. The molecule has 1 saturated heterocycles. The van der Waals surface area contributed by atoms with Crippen LogP contribution in [0.2, 0.25) is 0 Å². The number of ketones is 1. The number of nitrogens with zero attached hydrogens (tertiary/aromatic N) is 3. The molecule has 6 nitrogen and oxygen atoms in total. The number of aliphatic hydroxyl groups excluding tert-OH is 1. The second-order valence-corrected chi connectivity index (χ2v) is 11.7. The number of thioether (sulfide) groups is 1. The molecule has 5 rings (SSSR count). The zero-order valence-electron chi connectivity index (χ0n) is 21.6. The Labute approximate surface area is 230 Å². The van der Waals surface area contributed by atoms with Gasteiger partial charge < -0.3 is 5.11 Å². The van der Waals surface area contributed by atoms with Crippen molar-refractivity contribution in [1.82, 2.24) is 10.2 Å². The Hall–Kier alpha value is -3.75. The van der Waals surface area contributed by atoms with E-state index in [0.29, 0.717) is 26.4 Å². The van der Waals surface area contributed by atoms with E-state index in [0.717, 1.165) is 22.3 Å². The van der Waals surface area contributed by atoms with Crippen LogP contribution in [0, 0.1) is 27.7 Å². The third kappa shape index (κ3) is 5.01. The first-order valence-electron chi connectivity index (χ1n) is 12.2. The first-order chi connectivity index (χ1) is 18.2. The normalized spacial score (nSPS) is 16.8. The first-order valence-corrected chi connectivity index (χ1v) is 14.0. The Kier molecular flexibility index (Phi) is 7.19. The van der Waals surface area contributed by atoms with Crippen molar-refractivity contribution in [2.75, 3.05) is 4.90 Å².